The van der Waals surface area contributed by atoms with Crippen LogP contribution in [-0.2, 0) is 4.79 Å². The summed E-state index contributed by atoms with van der Waals surface area (Å²) in [6.07, 6.45) is 1.79. The predicted octanol–water partition coefficient (Wildman–Crippen LogP) is 1.32. The minimum atomic E-state index is -0.272. The molecule has 1 unspecified atom stereocenters. The highest BCUT2D eigenvalue weighted by molar-refractivity contribution is 5.84. The van der Waals surface area contributed by atoms with Crippen molar-refractivity contribution in [1.29, 1.82) is 5.26 Å². The third-order valence-electron chi connectivity index (χ3n) is 3.22. The number of carbonyl (C=O) groups excluding carboxylic acids is 1. The van der Waals surface area contributed by atoms with E-state index in [9.17, 15) is 4.79 Å². The number of nitriles is 1. The first kappa shape index (κ1) is 11.5. The van der Waals surface area contributed by atoms with Gasteiger partial charge >= 0.3 is 0 Å². The summed E-state index contributed by atoms with van der Waals surface area (Å²) in [4.78, 5) is 13.4. The maximum Gasteiger partial charge on any atom is 0.240 e. The number of nitrogens with two attached hydrogens (primary N) is 1. The lowest BCUT2D eigenvalue weighted by atomic mass is 10.1. The van der Waals surface area contributed by atoms with E-state index in [-0.39, 0.29) is 11.9 Å². The molecule has 2 N–H and O–H groups in total. The van der Waals surface area contributed by atoms with E-state index >= 15 is 0 Å². The Kier molecular flexibility index (Phi) is 3.01. The van der Waals surface area contributed by atoms with Gasteiger partial charge in [-0.2, -0.15) is 5.26 Å². The minimum absolute atomic E-state index is 0.207. The fourth-order valence-corrected chi connectivity index (χ4v) is 2.40. The lowest BCUT2D eigenvalue weighted by molar-refractivity contribution is -0.119. The van der Waals surface area contributed by atoms with Gasteiger partial charge in [-0.25, -0.2) is 0 Å². The van der Waals surface area contributed by atoms with Gasteiger partial charge in [0.1, 0.15) is 6.04 Å². The van der Waals surface area contributed by atoms with Gasteiger partial charge in [0.25, 0.3) is 0 Å². The Morgan fingerprint density at radius 1 is 1.59 bits per heavy atom. The van der Waals surface area contributed by atoms with Crippen LogP contribution in [0.25, 0.3) is 0 Å². The van der Waals surface area contributed by atoms with Gasteiger partial charge in [0.2, 0.25) is 5.91 Å². The smallest absolute Gasteiger partial charge is 0.240 e. The van der Waals surface area contributed by atoms with Crippen LogP contribution in [0.2, 0.25) is 0 Å². The second-order valence-corrected chi connectivity index (χ2v) is 4.37. The van der Waals surface area contributed by atoms with E-state index in [4.69, 9.17) is 11.0 Å². The Balaban J connectivity index is 2.34. The van der Waals surface area contributed by atoms with Crippen molar-refractivity contribution < 1.29 is 4.79 Å². The number of benzene rings is 1. The first-order valence-corrected chi connectivity index (χ1v) is 5.70. The number of primary amides is 1. The molecule has 1 fully saturated rings. The molecule has 4 nitrogen and oxygen atoms in total. The second-order valence-electron chi connectivity index (χ2n) is 4.37. The van der Waals surface area contributed by atoms with E-state index < -0.39 is 0 Å². The summed E-state index contributed by atoms with van der Waals surface area (Å²) in [5.41, 5.74) is 8.05. The van der Waals surface area contributed by atoms with E-state index in [1.54, 1.807) is 6.07 Å². The van der Waals surface area contributed by atoms with Gasteiger partial charge in [0.05, 0.1) is 11.6 Å². The molecule has 1 aliphatic rings. The Labute approximate surface area is 101 Å². The largest absolute Gasteiger partial charge is 0.368 e. The molecule has 0 aromatic heterocycles. The van der Waals surface area contributed by atoms with Crippen molar-refractivity contribution in [2.24, 2.45) is 5.73 Å². The molecule has 0 saturated carbocycles. The number of anilines is 1. The summed E-state index contributed by atoms with van der Waals surface area (Å²) in [5, 5.41) is 8.82. The van der Waals surface area contributed by atoms with Crippen LogP contribution in [-0.4, -0.2) is 18.5 Å². The van der Waals surface area contributed by atoms with Crippen molar-refractivity contribution in [1.82, 2.24) is 0 Å². The van der Waals surface area contributed by atoms with Gasteiger partial charge in [-0.05, 0) is 43.5 Å². The van der Waals surface area contributed by atoms with Crippen molar-refractivity contribution in [3.05, 3.63) is 29.3 Å². The highest BCUT2D eigenvalue weighted by atomic mass is 16.1. The van der Waals surface area contributed by atoms with Crippen LogP contribution < -0.4 is 10.6 Å². The summed E-state index contributed by atoms with van der Waals surface area (Å²) in [6.45, 7) is 2.80. The highest BCUT2D eigenvalue weighted by Gasteiger charge is 2.29. The molecule has 88 valence electrons. The number of rotatable bonds is 2. The maximum absolute atomic E-state index is 11.3. The molecule has 1 atom stereocenters. The van der Waals surface area contributed by atoms with Crippen molar-refractivity contribution in [2.75, 3.05) is 11.4 Å². The standard InChI is InChI=1S/C13H15N3O/c1-9-7-10(8-14)4-5-11(9)16-6-2-3-12(16)13(15)17/h4-5,7,12H,2-3,6H2,1H3,(H2,15,17). The Bertz CT molecular complexity index is 490. The molecule has 0 bridgehead atoms. The normalized spacial score (nSPS) is 19.1. The topological polar surface area (TPSA) is 70.1 Å². The fourth-order valence-electron chi connectivity index (χ4n) is 2.40. The molecule has 1 heterocycles. The van der Waals surface area contributed by atoms with Crippen LogP contribution in [0, 0.1) is 18.3 Å². The van der Waals surface area contributed by atoms with Crippen LogP contribution in [0.5, 0.6) is 0 Å². The summed E-state index contributed by atoms with van der Waals surface area (Å²) >= 11 is 0. The van der Waals surface area contributed by atoms with Crippen molar-refractivity contribution in [2.45, 2.75) is 25.8 Å². The molecule has 1 saturated heterocycles. The second kappa shape index (κ2) is 4.46. The van der Waals surface area contributed by atoms with Crippen LogP contribution in [0.3, 0.4) is 0 Å². The zero-order valence-electron chi connectivity index (χ0n) is 9.81. The third kappa shape index (κ3) is 2.09. The molecule has 17 heavy (non-hydrogen) atoms. The molecular weight excluding hydrogens is 214 g/mol. The average molecular weight is 229 g/mol. The van der Waals surface area contributed by atoms with Gasteiger partial charge in [-0.3, -0.25) is 4.79 Å². The zero-order valence-corrected chi connectivity index (χ0v) is 9.81. The molecule has 1 amide bonds. The van der Waals surface area contributed by atoms with Crippen LogP contribution >= 0.6 is 0 Å². The van der Waals surface area contributed by atoms with Crippen molar-refractivity contribution in [3.8, 4) is 6.07 Å². The van der Waals surface area contributed by atoms with Crippen molar-refractivity contribution >= 4 is 11.6 Å². The van der Waals surface area contributed by atoms with Crippen LogP contribution in [0.4, 0.5) is 5.69 Å². The van der Waals surface area contributed by atoms with E-state index in [1.807, 2.05) is 24.0 Å². The summed E-state index contributed by atoms with van der Waals surface area (Å²) in [6, 6.07) is 7.42. The molecule has 4 heteroatoms. The number of nitrogens with zero attached hydrogens (tertiary/aromatic N) is 2. The third-order valence-corrected chi connectivity index (χ3v) is 3.22. The van der Waals surface area contributed by atoms with E-state index in [1.165, 1.54) is 0 Å². The predicted molar refractivity (Wildman–Crippen MR) is 65.5 cm³/mol. The van der Waals surface area contributed by atoms with E-state index in [0.717, 1.165) is 30.6 Å². The Hall–Kier alpha value is -2.02. The van der Waals surface area contributed by atoms with Crippen molar-refractivity contribution in [3.63, 3.8) is 0 Å². The summed E-state index contributed by atoms with van der Waals surface area (Å²) < 4.78 is 0. The zero-order chi connectivity index (χ0) is 12.4. The van der Waals surface area contributed by atoms with Gasteiger partial charge in [-0.1, -0.05) is 0 Å². The van der Waals surface area contributed by atoms with Crippen LogP contribution in [0.1, 0.15) is 24.0 Å². The van der Waals surface area contributed by atoms with Crippen LogP contribution in [0.15, 0.2) is 18.2 Å². The quantitative estimate of drug-likeness (QED) is 0.831. The number of carbonyl (C=O) groups is 1. The molecular formula is C13H15N3O. The molecule has 2 rings (SSSR count). The Morgan fingerprint density at radius 2 is 2.35 bits per heavy atom. The monoisotopic (exact) mass is 229 g/mol. The van der Waals surface area contributed by atoms with Gasteiger partial charge in [0, 0.05) is 12.2 Å². The average Bonchev–Trinajstić information content (AvgIpc) is 2.77. The highest BCUT2D eigenvalue weighted by Crippen LogP contribution is 2.28. The lowest BCUT2D eigenvalue weighted by Crippen LogP contribution is -2.40. The summed E-state index contributed by atoms with van der Waals surface area (Å²) in [5.74, 6) is -0.272. The van der Waals surface area contributed by atoms with E-state index in [0.29, 0.717) is 5.56 Å². The molecule has 1 aromatic rings. The number of amides is 1. The molecule has 0 spiro atoms. The maximum atomic E-state index is 11.3. The van der Waals surface area contributed by atoms with Gasteiger partial charge < -0.3 is 10.6 Å². The first-order chi connectivity index (χ1) is 8.13. The first-order valence-electron chi connectivity index (χ1n) is 5.70. The molecule has 1 aromatic carbocycles. The Morgan fingerprint density at radius 3 is 2.94 bits per heavy atom. The SMILES string of the molecule is Cc1cc(C#N)ccc1N1CCCC1C(N)=O. The molecule has 0 aliphatic carbocycles. The molecule has 0 radical (unpaired) electrons. The lowest BCUT2D eigenvalue weighted by Gasteiger charge is -2.26. The van der Waals surface area contributed by atoms with Gasteiger partial charge in [-0.15, -0.1) is 0 Å². The number of aryl methyl sites for hydroxylation is 1. The number of hydrogen-bond acceptors (Lipinski definition) is 3. The van der Waals surface area contributed by atoms with Gasteiger partial charge in [0.15, 0.2) is 0 Å². The fraction of sp³-hybridized carbons (Fsp3) is 0.385. The number of hydrogen-bond donors (Lipinski definition) is 1. The minimum Gasteiger partial charge on any atom is -0.368 e. The summed E-state index contributed by atoms with van der Waals surface area (Å²) in [7, 11) is 0. The molecule has 1 aliphatic heterocycles. The van der Waals surface area contributed by atoms with E-state index in [2.05, 4.69) is 6.07 Å².